The maximum Gasteiger partial charge on any atom is 0.346 e. The predicted molar refractivity (Wildman–Crippen MR) is 91.8 cm³/mol. The van der Waals surface area contributed by atoms with Gasteiger partial charge in [0.1, 0.15) is 10.7 Å². The van der Waals surface area contributed by atoms with Gasteiger partial charge in [-0.05, 0) is 26.1 Å². The molecule has 126 valence electrons. The Morgan fingerprint density at radius 3 is 2.88 bits per heavy atom. The van der Waals surface area contributed by atoms with Gasteiger partial charge in [0, 0.05) is 47.0 Å². The van der Waals surface area contributed by atoms with E-state index >= 15 is 0 Å². The molecule has 0 saturated carbocycles. The molecule has 0 saturated heterocycles. The Morgan fingerprint density at radius 2 is 2.21 bits per heavy atom. The number of aromatic nitrogens is 2. The Morgan fingerprint density at radius 1 is 1.42 bits per heavy atom. The minimum absolute atomic E-state index is 0.200. The highest BCUT2D eigenvalue weighted by molar-refractivity contribution is 7.21. The smallest absolute Gasteiger partial charge is 0.346 e. The van der Waals surface area contributed by atoms with Crippen LogP contribution in [0.3, 0.4) is 0 Å². The topological polar surface area (TPSA) is 58.4 Å². The minimum Gasteiger partial charge on any atom is -0.477 e. The van der Waals surface area contributed by atoms with Crippen LogP contribution in [-0.4, -0.2) is 32.8 Å². The van der Waals surface area contributed by atoms with Gasteiger partial charge in [-0.25, -0.2) is 9.18 Å². The average molecular weight is 347 g/mol. The van der Waals surface area contributed by atoms with E-state index in [0.29, 0.717) is 28.7 Å². The minimum atomic E-state index is -1.02. The van der Waals surface area contributed by atoms with E-state index in [1.54, 1.807) is 18.3 Å². The number of rotatable bonds is 6. The Kier molecular flexibility index (Phi) is 4.64. The summed E-state index contributed by atoms with van der Waals surface area (Å²) in [5.41, 5.74) is 1.57. The maximum absolute atomic E-state index is 14.2. The standard InChI is InChI=1S/C17H18FN3O2S/c1-3-21-9-11(7-19-21)8-20(2)10-12-15-13(18)5-4-6-14(15)24-16(12)17(22)23/h4-7,9H,3,8,10H2,1-2H3,(H,22,23). The zero-order valence-corrected chi connectivity index (χ0v) is 14.3. The average Bonchev–Trinajstić information content (AvgIpc) is 3.12. The fourth-order valence-corrected chi connectivity index (χ4v) is 3.86. The number of benzene rings is 1. The van der Waals surface area contributed by atoms with Gasteiger partial charge in [-0.15, -0.1) is 11.3 Å². The lowest BCUT2D eigenvalue weighted by molar-refractivity contribution is 0.0700. The van der Waals surface area contributed by atoms with Gasteiger partial charge >= 0.3 is 5.97 Å². The number of thiophene rings is 1. The molecule has 0 aliphatic carbocycles. The number of carbonyl (C=O) groups is 1. The third-order valence-electron chi connectivity index (χ3n) is 3.85. The molecule has 0 amide bonds. The number of nitrogens with zero attached hydrogens (tertiary/aromatic N) is 3. The first kappa shape index (κ1) is 16.6. The van der Waals surface area contributed by atoms with E-state index in [1.165, 1.54) is 6.07 Å². The van der Waals surface area contributed by atoms with Gasteiger partial charge in [-0.2, -0.15) is 5.10 Å². The highest BCUT2D eigenvalue weighted by atomic mass is 32.1. The van der Waals surface area contributed by atoms with E-state index in [1.807, 2.05) is 29.7 Å². The van der Waals surface area contributed by atoms with Crippen molar-refractivity contribution < 1.29 is 14.3 Å². The first-order valence-corrected chi connectivity index (χ1v) is 8.44. The van der Waals surface area contributed by atoms with Gasteiger partial charge in [-0.3, -0.25) is 9.58 Å². The van der Waals surface area contributed by atoms with E-state index in [9.17, 15) is 14.3 Å². The third kappa shape index (κ3) is 3.18. The van der Waals surface area contributed by atoms with Crippen LogP contribution in [0, 0.1) is 5.82 Å². The lowest BCUT2D eigenvalue weighted by Crippen LogP contribution is -2.18. The van der Waals surface area contributed by atoms with Crippen molar-refractivity contribution in [1.29, 1.82) is 0 Å². The van der Waals surface area contributed by atoms with E-state index in [-0.39, 0.29) is 10.7 Å². The van der Waals surface area contributed by atoms with E-state index in [0.717, 1.165) is 23.4 Å². The highest BCUT2D eigenvalue weighted by Crippen LogP contribution is 2.34. The monoisotopic (exact) mass is 347 g/mol. The number of aryl methyl sites for hydroxylation is 1. The zero-order valence-electron chi connectivity index (χ0n) is 13.5. The van der Waals surface area contributed by atoms with Crippen LogP contribution in [-0.2, 0) is 19.6 Å². The second kappa shape index (κ2) is 6.70. The van der Waals surface area contributed by atoms with Gasteiger partial charge in [-0.1, -0.05) is 6.07 Å². The third-order valence-corrected chi connectivity index (χ3v) is 5.03. The van der Waals surface area contributed by atoms with Crippen molar-refractivity contribution in [3.63, 3.8) is 0 Å². The molecule has 3 aromatic rings. The second-order valence-electron chi connectivity index (χ2n) is 5.70. The molecule has 0 unspecified atom stereocenters. The fourth-order valence-electron chi connectivity index (χ4n) is 2.79. The lowest BCUT2D eigenvalue weighted by Gasteiger charge is -2.16. The molecule has 7 heteroatoms. The van der Waals surface area contributed by atoms with Crippen LogP contribution in [0.15, 0.2) is 30.6 Å². The summed E-state index contributed by atoms with van der Waals surface area (Å²) in [6, 6.07) is 4.73. The molecule has 3 rings (SSSR count). The number of carboxylic acid groups (broad SMARTS) is 1. The van der Waals surface area contributed by atoms with Crippen LogP contribution in [0.1, 0.15) is 27.7 Å². The molecule has 1 N–H and O–H groups in total. The first-order chi connectivity index (χ1) is 11.5. The molecule has 1 aromatic carbocycles. The summed E-state index contributed by atoms with van der Waals surface area (Å²) >= 11 is 1.12. The van der Waals surface area contributed by atoms with Crippen LogP contribution >= 0.6 is 11.3 Å². The Labute approximate surface area is 142 Å². The van der Waals surface area contributed by atoms with Crippen molar-refractivity contribution in [2.75, 3.05) is 7.05 Å². The summed E-state index contributed by atoms with van der Waals surface area (Å²) < 4.78 is 16.7. The van der Waals surface area contributed by atoms with Crippen molar-refractivity contribution in [1.82, 2.24) is 14.7 Å². The summed E-state index contributed by atoms with van der Waals surface area (Å²) in [5.74, 6) is -1.39. The van der Waals surface area contributed by atoms with Gasteiger partial charge in [0.15, 0.2) is 0 Å². The van der Waals surface area contributed by atoms with Gasteiger partial charge in [0.2, 0.25) is 0 Å². The molecule has 0 bridgehead atoms. The van der Waals surface area contributed by atoms with Gasteiger partial charge in [0.05, 0.1) is 6.20 Å². The molecule has 0 aliphatic rings. The summed E-state index contributed by atoms with van der Waals surface area (Å²) in [4.78, 5) is 13.7. The molecule has 2 heterocycles. The summed E-state index contributed by atoms with van der Waals surface area (Å²) in [7, 11) is 1.89. The molecule has 0 radical (unpaired) electrons. The number of hydrogen-bond donors (Lipinski definition) is 1. The molecule has 2 aromatic heterocycles. The molecular formula is C17H18FN3O2S. The van der Waals surface area contributed by atoms with Crippen LogP contribution in [0.4, 0.5) is 4.39 Å². The summed E-state index contributed by atoms with van der Waals surface area (Å²) in [6.45, 7) is 3.79. The summed E-state index contributed by atoms with van der Waals surface area (Å²) in [5, 5.41) is 14.1. The molecule has 0 fully saturated rings. The number of fused-ring (bicyclic) bond motifs is 1. The summed E-state index contributed by atoms with van der Waals surface area (Å²) in [6.07, 6.45) is 3.76. The molecule has 0 atom stereocenters. The SMILES string of the molecule is CCn1cc(CN(C)Cc2c(C(=O)O)sc3cccc(F)c23)cn1. The van der Waals surface area contributed by atoms with E-state index < -0.39 is 5.97 Å². The van der Waals surface area contributed by atoms with E-state index in [4.69, 9.17) is 0 Å². The van der Waals surface area contributed by atoms with Crippen molar-refractivity contribution in [3.8, 4) is 0 Å². The number of halogens is 1. The molecule has 24 heavy (non-hydrogen) atoms. The highest BCUT2D eigenvalue weighted by Gasteiger charge is 2.21. The fraction of sp³-hybridized carbons (Fsp3) is 0.294. The van der Waals surface area contributed by atoms with Crippen LogP contribution in [0.25, 0.3) is 10.1 Å². The molecular weight excluding hydrogens is 329 g/mol. The number of carboxylic acids is 1. The Hall–Kier alpha value is -2.25. The normalized spacial score (nSPS) is 11.5. The number of aromatic carboxylic acids is 1. The van der Waals surface area contributed by atoms with Crippen molar-refractivity contribution in [2.24, 2.45) is 0 Å². The van der Waals surface area contributed by atoms with Crippen LogP contribution < -0.4 is 0 Å². The Balaban J connectivity index is 1.90. The second-order valence-corrected chi connectivity index (χ2v) is 6.76. The number of hydrogen-bond acceptors (Lipinski definition) is 4. The lowest BCUT2D eigenvalue weighted by atomic mass is 10.1. The van der Waals surface area contributed by atoms with Crippen molar-refractivity contribution in [2.45, 2.75) is 26.6 Å². The largest absolute Gasteiger partial charge is 0.477 e. The van der Waals surface area contributed by atoms with Crippen LogP contribution in [0.5, 0.6) is 0 Å². The molecule has 5 nitrogen and oxygen atoms in total. The quantitative estimate of drug-likeness (QED) is 0.740. The van der Waals surface area contributed by atoms with Gasteiger partial charge in [0.25, 0.3) is 0 Å². The van der Waals surface area contributed by atoms with Crippen molar-refractivity contribution >= 4 is 27.4 Å². The van der Waals surface area contributed by atoms with Crippen LogP contribution in [0.2, 0.25) is 0 Å². The molecule has 0 spiro atoms. The molecule has 0 aliphatic heterocycles. The first-order valence-electron chi connectivity index (χ1n) is 7.62. The van der Waals surface area contributed by atoms with E-state index in [2.05, 4.69) is 5.10 Å². The predicted octanol–water partition coefficient (Wildman–Crippen LogP) is 3.59. The van der Waals surface area contributed by atoms with Crippen molar-refractivity contribution in [3.05, 3.63) is 52.4 Å². The zero-order chi connectivity index (χ0) is 17.3. The van der Waals surface area contributed by atoms with Gasteiger partial charge < -0.3 is 5.11 Å². The Bertz CT molecular complexity index is 887. The maximum atomic E-state index is 14.2.